The number of ether oxygens (including phenoxy) is 1. The van der Waals surface area contributed by atoms with E-state index in [-0.39, 0.29) is 29.7 Å². The van der Waals surface area contributed by atoms with E-state index in [1.54, 1.807) is 12.1 Å². The summed E-state index contributed by atoms with van der Waals surface area (Å²) in [6.07, 6.45) is 0.149. The summed E-state index contributed by atoms with van der Waals surface area (Å²) in [6, 6.07) is 8.49. The third-order valence-electron chi connectivity index (χ3n) is 3.21. The van der Waals surface area contributed by atoms with Crippen LogP contribution in [0.2, 0.25) is 0 Å². The number of allylic oxidation sites excluding steroid dienone is 1. The smallest absolute Gasteiger partial charge is 0.316 e. The summed E-state index contributed by atoms with van der Waals surface area (Å²) in [4.78, 5) is 23.1. The van der Waals surface area contributed by atoms with Crippen LogP contribution in [0, 0.1) is 11.3 Å². The average Bonchev–Trinajstić information content (AvgIpc) is 2.52. The van der Waals surface area contributed by atoms with E-state index in [0.29, 0.717) is 10.6 Å². The number of amides is 1. The Labute approximate surface area is 131 Å². The van der Waals surface area contributed by atoms with E-state index >= 15 is 0 Å². The topological polar surface area (TPSA) is 99.4 Å². The van der Waals surface area contributed by atoms with E-state index in [0.717, 1.165) is 17.3 Å². The largest absolute Gasteiger partial charge is 0.508 e. The van der Waals surface area contributed by atoms with Gasteiger partial charge < -0.3 is 15.2 Å². The normalized spacial score (nSPS) is 17.6. The molecule has 22 heavy (non-hydrogen) atoms. The van der Waals surface area contributed by atoms with E-state index in [1.807, 2.05) is 0 Å². The summed E-state index contributed by atoms with van der Waals surface area (Å²) in [5.41, 5.74) is 1.17. The molecule has 0 bridgehead atoms. The minimum atomic E-state index is -0.434. The number of phenols is 1. The van der Waals surface area contributed by atoms with Gasteiger partial charge in [-0.1, -0.05) is 23.9 Å². The molecule has 2 N–H and O–H groups in total. The molecule has 2 rings (SSSR count). The number of aromatic hydroxyl groups is 1. The molecule has 114 valence electrons. The molecule has 0 radical (unpaired) electrons. The lowest BCUT2D eigenvalue weighted by Crippen LogP contribution is -2.31. The summed E-state index contributed by atoms with van der Waals surface area (Å²) in [7, 11) is 1.28. The number of rotatable bonds is 4. The zero-order valence-electron chi connectivity index (χ0n) is 11.8. The molecule has 1 amide bonds. The van der Waals surface area contributed by atoms with Crippen LogP contribution in [0.25, 0.3) is 0 Å². The van der Waals surface area contributed by atoms with Crippen molar-refractivity contribution in [2.45, 2.75) is 12.3 Å². The first kappa shape index (κ1) is 15.9. The Balaban J connectivity index is 2.32. The van der Waals surface area contributed by atoms with Crippen molar-refractivity contribution in [1.29, 1.82) is 5.26 Å². The third kappa shape index (κ3) is 3.59. The molecule has 1 atom stereocenters. The molecule has 0 unspecified atom stereocenters. The van der Waals surface area contributed by atoms with Crippen molar-refractivity contribution in [3.8, 4) is 11.8 Å². The van der Waals surface area contributed by atoms with Gasteiger partial charge in [-0.25, -0.2) is 0 Å². The maximum atomic E-state index is 11.9. The molecule has 0 saturated heterocycles. The molecule has 0 aromatic heterocycles. The van der Waals surface area contributed by atoms with E-state index in [9.17, 15) is 20.0 Å². The van der Waals surface area contributed by atoms with Gasteiger partial charge in [0.2, 0.25) is 5.91 Å². The summed E-state index contributed by atoms with van der Waals surface area (Å²) in [5, 5.41) is 21.8. The predicted molar refractivity (Wildman–Crippen MR) is 80.7 cm³/mol. The molecule has 1 aliphatic heterocycles. The lowest BCUT2D eigenvalue weighted by molar-refractivity contribution is -0.137. The second kappa shape index (κ2) is 7.00. The molecule has 1 heterocycles. The molecule has 1 aromatic rings. The first-order chi connectivity index (χ1) is 10.5. The second-order valence-electron chi connectivity index (χ2n) is 4.62. The molecule has 6 nitrogen and oxygen atoms in total. The van der Waals surface area contributed by atoms with Crippen LogP contribution in [0.3, 0.4) is 0 Å². The summed E-state index contributed by atoms with van der Waals surface area (Å²) in [6.45, 7) is 0. The SMILES string of the molecule is COC(=O)CSC1=C(C#N)[C@@H](c2ccc(O)cc2)CC(=O)N1. The maximum Gasteiger partial charge on any atom is 0.316 e. The summed E-state index contributed by atoms with van der Waals surface area (Å²) < 4.78 is 4.56. The van der Waals surface area contributed by atoms with Gasteiger partial charge in [-0.2, -0.15) is 5.26 Å². The first-order valence-corrected chi connectivity index (χ1v) is 7.46. The van der Waals surface area contributed by atoms with Crippen molar-refractivity contribution in [3.05, 3.63) is 40.4 Å². The highest BCUT2D eigenvalue weighted by Crippen LogP contribution is 2.36. The van der Waals surface area contributed by atoms with Gasteiger partial charge in [0.05, 0.1) is 29.5 Å². The highest BCUT2D eigenvalue weighted by molar-refractivity contribution is 8.03. The number of benzene rings is 1. The second-order valence-corrected chi connectivity index (χ2v) is 5.60. The molecule has 0 fully saturated rings. The van der Waals surface area contributed by atoms with Crippen LogP contribution in [-0.2, 0) is 14.3 Å². The molecule has 0 aliphatic carbocycles. The molecule has 1 aromatic carbocycles. The van der Waals surface area contributed by atoms with Crippen molar-refractivity contribution >= 4 is 23.6 Å². The van der Waals surface area contributed by atoms with Gasteiger partial charge >= 0.3 is 5.97 Å². The van der Waals surface area contributed by atoms with E-state index < -0.39 is 5.97 Å². The van der Waals surface area contributed by atoms with Gasteiger partial charge in [0, 0.05) is 12.3 Å². The van der Waals surface area contributed by atoms with Gasteiger partial charge in [-0.3, -0.25) is 9.59 Å². The zero-order chi connectivity index (χ0) is 16.1. The molecule has 0 spiro atoms. The van der Waals surface area contributed by atoms with Crippen molar-refractivity contribution in [1.82, 2.24) is 5.32 Å². The standard InChI is InChI=1S/C15H14N2O4S/c1-21-14(20)8-22-15-12(7-16)11(6-13(19)17-15)9-2-4-10(18)5-3-9/h2-5,11,18H,6,8H2,1H3,(H,17,19)/t11-/m1/s1. The minimum Gasteiger partial charge on any atom is -0.508 e. The molecule has 7 heteroatoms. The zero-order valence-corrected chi connectivity index (χ0v) is 12.6. The monoisotopic (exact) mass is 318 g/mol. The van der Waals surface area contributed by atoms with Crippen LogP contribution in [0.15, 0.2) is 34.9 Å². The van der Waals surface area contributed by atoms with Crippen LogP contribution < -0.4 is 5.32 Å². The van der Waals surface area contributed by atoms with Gasteiger partial charge in [0.1, 0.15) is 5.75 Å². The molecule has 1 aliphatic rings. The number of thioether (sulfide) groups is 1. The first-order valence-electron chi connectivity index (χ1n) is 6.47. The fourth-order valence-electron chi connectivity index (χ4n) is 2.11. The van der Waals surface area contributed by atoms with Gasteiger partial charge in [0.25, 0.3) is 0 Å². The number of methoxy groups -OCH3 is 1. The number of nitrogens with one attached hydrogen (secondary N) is 1. The third-order valence-corrected chi connectivity index (χ3v) is 4.20. The Morgan fingerprint density at radius 1 is 1.50 bits per heavy atom. The Bertz CT molecular complexity index is 661. The van der Waals surface area contributed by atoms with E-state index in [1.165, 1.54) is 19.2 Å². The van der Waals surface area contributed by atoms with Gasteiger partial charge in [0.15, 0.2) is 0 Å². The number of nitriles is 1. The Hall–Kier alpha value is -2.46. The van der Waals surface area contributed by atoms with E-state index in [2.05, 4.69) is 16.1 Å². The highest BCUT2D eigenvalue weighted by atomic mass is 32.2. The van der Waals surface area contributed by atoms with Crippen LogP contribution in [-0.4, -0.2) is 29.8 Å². The number of nitrogens with zero attached hydrogens (tertiary/aromatic N) is 1. The number of carbonyl (C=O) groups is 2. The van der Waals surface area contributed by atoms with Crippen molar-refractivity contribution < 1.29 is 19.4 Å². The Kier molecular flexibility index (Phi) is 5.07. The van der Waals surface area contributed by atoms with Crippen molar-refractivity contribution in [2.24, 2.45) is 0 Å². The number of esters is 1. The lowest BCUT2D eigenvalue weighted by Gasteiger charge is -2.24. The molecular weight excluding hydrogens is 304 g/mol. The fraction of sp³-hybridized carbons (Fsp3) is 0.267. The van der Waals surface area contributed by atoms with Crippen LogP contribution in [0.5, 0.6) is 5.75 Å². The van der Waals surface area contributed by atoms with E-state index in [4.69, 9.17) is 0 Å². The molecule has 0 saturated carbocycles. The van der Waals surface area contributed by atoms with Crippen LogP contribution in [0.4, 0.5) is 0 Å². The summed E-state index contributed by atoms with van der Waals surface area (Å²) >= 11 is 1.07. The summed E-state index contributed by atoms with van der Waals surface area (Å²) in [5.74, 6) is -0.911. The minimum absolute atomic E-state index is 0.0135. The van der Waals surface area contributed by atoms with Crippen molar-refractivity contribution in [2.75, 3.05) is 12.9 Å². The fourth-order valence-corrected chi connectivity index (χ4v) is 3.02. The van der Waals surface area contributed by atoms with Gasteiger partial charge in [-0.15, -0.1) is 0 Å². The quantitative estimate of drug-likeness (QED) is 0.819. The average molecular weight is 318 g/mol. The molecular formula is C15H14N2O4S. The Morgan fingerprint density at radius 2 is 2.18 bits per heavy atom. The lowest BCUT2D eigenvalue weighted by atomic mass is 9.87. The maximum absolute atomic E-state index is 11.9. The predicted octanol–water partition coefficient (Wildman–Crippen LogP) is 1.64. The van der Waals surface area contributed by atoms with Gasteiger partial charge in [-0.05, 0) is 17.7 Å². The van der Waals surface area contributed by atoms with Crippen LogP contribution >= 0.6 is 11.8 Å². The van der Waals surface area contributed by atoms with Crippen molar-refractivity contribution in [3.63, 3.8) is 0 Å². The number of hydrogen-bond donors (Lipinski definition) is 2. The van der Waals surface area contributed by atoms with Crippen LogP contribution in [0.1, 0.15) is 17.9 Å². The number of hydrogen-bond acceptors (Lipinski definition) is 6. The Morgan fingerprint density at radius 3 is 2.77 bits per heavy atom. The highest BCUT2D eigenvalue weighted by Gasteiger charge is 2.29. The number of carbonyl (C=O) groups excluding carboxylic acids is 2. The number of phenolic OH excluding ortho intramolecular Hbond substituents is 1.